The molecule has 0 unspecified atom stereocenters. The summed E-state index contributed by atoms with van der Waals surface area (Å²) in [5, 5.41) is 18.5. The lowest BCUT2D eigenvalue weighted by Gasteiger charge is -2.21. The van der Waals surface area contributed by atoms with Gasteiger partial charge in [-0.3, -0.25) is 0 Å². The Morgan fingerprint density at radius 1 is 0.867 bits per heavy atom. The van der Waals surface area contributed by atoms with Crippen LogP contribution in [-0.4, -0.2) is 48.6 Å². The third kappa shape index (κ3) is 5.14. The highest BCUT2D eigenvalue weighted by Crippen LogP contribution is 2.35. The molecule has 0 aromatic heterocycles. The van der Waals surface area contributed by atoms with Crippen LogP contribution in [-0.2, 0) is 9.47 Å². The van der Waals surface area contributed by atoms with Crippen molar-refractivity contribution in [2.75, 3.05) is 26.4 Å². The molecule has 30 heavy (non-hydrogen) atoms. The molecule has 1 heterocycles. The Morgan fingerprint density at radius 2 is 1.40 bits per heavy atom. The maximum Gasteiger partial charge on any atom is 0.338 e. The number of rotatable bonds is 4. The van der Waals surface area contributed by atoms with Gasteiger partial charge in [0, 0.05) is 11.1 Å². The van der Waals surface area contributed by atoms with Crippen molar-refractivity contribution in [1.82, 2.24) is 0 Å². The first-order valence-corrected chi connectivity index (χ1v) is 9.56. The molecule has 2 aromatic rings. The summed E-state index contributed by atoms with van der Waals surface area (Å²) in [7, 11) is 0. The largest absolute Gasteiger partial charge is 0.504 e. The van der Waals surface area contributed by atoms with Gasteiger partial charge in [-0.25, -0.2) is 9.59 Å². The zero-order chi connectivity index (χ0) is 22.3. The van der Waals surface area contributed by atoms with E-state index in [1.54, 1.807) is 32.9 Å². The fourth-order valence-corrected chi connectivity index (χ4v) is 2.80. The number of phenolic OH excluding ortho intramolecular Hbond substituents is 2. The molecule has 8 nitrogen and oxygen atoms in total. The smallest absolute Gasteiger partial charge is 0.338 e. The van der Waals surface area contributed by atoms with Crippen LogP contribution in [0.4, 0.5) is 0 Å². The summed E-state index contributed by atoms with van der Waals surface area (Å²) in [5.74, 6) is -0.00280. The van der Waals surface area contributed by atoms with E-state index in [2.05, 4.69) is 0 Å². The molecule has 0 fully saturated rings. The van der Waals surface area contributed by atoms with E-state index in [1.165, 1.54) is 12.1 Å². The SMILES string of the molecule is CCOC(=O)c1ccc(O)c(O)c1C.CCOC(=O)c1ccc2c(c1C)OCCO2. The fraction of sp³-hybridized carbons (Fsp3) is 0.364. The average molecular weight is 418 g/mol. The lowest BCUT2D eigenvalue weighted by molar-refractivity contribution is 0.0515. The van der Waals surface area contributed by atoms with Gasteiger partial charge < -0.3 is 29.2 Å². The molecular formula is C22H26O8. The average Bonchev–Trinajstić information content (AvgIpc) is 2.73. The number of esters is 2. The van der Waals surface area contributed by atoms with E-state index in [1.807, 2.05) is 6.92 Å². The number of phenols is 2. The van der Waals surface area contributed by atoms with Crippen LogP contribution < -0.4 is 9.47 Å². The van der Waals surface area contributed by atoms with Gasteiger partial charge in [0.15, 0.2) is 23.0 Å². The van der Waals surface area contributed by atoms with Gasteiger partial charge in [-0.05, 0) is 52.0 Å². The molecule has 0 aliphatic carbocycles. The normalized spacial score (nSPS) is 11.7. The Kier molecular flexibility index (Phi) is 7.91. The summed E-state index contributed by atoms with van der Waals surface area (Å²) < 4.78 is 20.6. The predicted octanol–water partition coefficient (Wildman–Crippen LogP) is 3.53. The van der Waals surface area contributed by atoms with Gasteiger partial charge in [-0.1, -0.05) is 0 Å². The van der Waals surface area contributed by atoms with Crippen LogP contribution in [0.1, 0.15) is 45.7 Å². The highest BCUT2D eigenvalue weighted by atomic mass is 16.6. The minimum absolute atomic E-state index is 0.240. The molecule has 0 spiro atoms. The van der Waals surface area contributed by atoms with Crippen molar-refractivity contribution >= 4 is 11.9 Å². The number of hydrogen-bond acceptors (Lipinski definition) is 8. The second-order valence-electron chi connectivity index (χ2n) is 6.31. The zero-order valence-corrected chi connectivity index (χ0v) is 17.5. The molecule has 1 aliphatic heterocycles. The van der Waals surface area contributed by atoms with Crippen molar-refractivity contribution in [3.8, 4) is 23.0 Å². The number of hydrogen-bond donors (Lipinski definition) is 2. The maximum absolute atomic E-state index is 11.6. The van der Waals surface area contributed by atoms with Crippen LogP contribution in [0.25, 0.3) is 0 Å². The van der Waals surface area contributed by atoms with E-state index in [0.717, 1.165) is 5.56 Å². The van der Waals surface area contributed by atoms with Gasteiger partial charge in [0.25, 0.3) is 0 Å². The Labute approximate surface area is 175 Å². The van der Waals surface area contributed by atoms with Gasteiger partial charge in [-0.2, -0.15) is 0 Å². The number of aromatic hydroxyl groups is 2. The van der Waals surface area contributed by atoms with Crippen LogP contribution in [0.5, 0.6) is 23.0 Å². The summed E-state index contributed by atoms with van der Waals surface area (Å²) in [6.45, 7) is 8.57. The predicted molar refractivity (Wildman–Crippen MR) is 109 cm³/mol. The third-order valence-corrected chi connectivity index (χ3v) is 4.36. The van der Waals surface area contributed by atoms with Gasteiger partial charge in [0.05, 0.1) is 24.3 Å². The maximum atomic E-state index is 11.6. The Morgan fingerprint density at radius 3 is 2.00 bits per heavy atom. The van der Waals surface area contributed by atoms with Crippen LogP contribution in [0, 0.1) is 13.8 Å². The molecule has 8 heteroatoms. The van der Waals surface area contributed by atoms with Crippen molar-refractivity contribution < 1.29 is 38.7 Å². The molecule has 0 amide bonds. The first-order chi connectivity index (χ1) is 14.3. The van der Waals surface area contributed by atoms with Crippen molar-refractivity contribution in [2.45, 2.75) is 27.7 Å². The summed E-state index contributed by atoms with van der Waals surface area (Å²) in [6.07, 6.45) is 0. The number of carbonyl (C=O) groups excluding carboxylic acids is 2. The summed E-state index contributed by atoms with van der Waals surface area (Å²) >= 11 is 0. The standard InChI is InChI=1S/C12H14O4.C10H12O4/c1-3-14-12(13)9-4-5-10-11(8(9)2)16-7-6-15-10;1-3-14-10(13)7-4-5-8(11)9(12)6(7)2/h4-5H,3,6-7H2,1-2H3;4-5,11-12H,3H2,1-2H3. The van der Waals surface area contributed by atoms with Crippen molar-refractivity contribution in [1.29, 1.82) is 0 Å². The quantitative estimate of drug-likeness (QED) is 0.573. The lowest BCUT2D eigenvalue weighted by atomic mass is 10.1. The van der Waals surface area contributed by atoms with Gasteiger partial charge >= 0.3 is 11.9 Å². The summed E-state index contributed by atoms with van der Waals surface area (Å²) in [6, 6.07) is 6.13. The van der Waals surface area contributed by atoms with Gasteiger partial charge in [0.2, 0.25) is 0 Å². The van der Waals surface area contributed by atoms with E-state index in [9.17, 15) is 14.7 Å². The molecule has 0 radical (unpaired) electrons. The highest BCUT2D eigenvalue weighted by molar-refractivity contribution is 5.92. The molecular weight excluding hydrogens is 392 g/mol. The minimum Gasteiger partial charge on any atom is -0.504 e. The van der Waals surface area contributed by atoms with E-state index in [0.29, 0.717) is 42.4 Å². The Balaban J connectivity index is 0.000000216. The van der Waals surface area contributed by atoms with Crippen molar-refractivity contribution in [3.63, 3.8) is 0 Å². The Hall–Kier alpha value is -3.42. The van der Waals surface area contributed by atoms with Crippen molar-refractivity contribution in [2.24, 2.45) is 0 Å². The van der Waals surface area contributed by atoms with E-state index in [4.69, 9.17) is 24.1 Å². The second-order valence-corrected chi connectivity index (χ2v) is 6.31. The van der Waals surface area contributed by atoms with Crippen molar-refractivity contribution in [3.05, 3.63) is 46.5 Å². The fourth-order valence-electron chi connectivity index (χ4n) is 2.80. The van der Waals surface area contributed by atoms with Crippen LogP contribution in [0.3, 0.4) is 0 Å². The topological polar surface area (TPSA) is 112 Å². The molecule has 2 N–H and O–H groups in total. The van der Waals surface area contributed by atoms with Crippen LogP contribution >= 0.6 is 0 Å². The third-order valence-electron chi connectivity index (χ3n) is 4.36. The molecule has 3 rings (SSSR count). The second kappa shape index (κ2) is 10.4. The molecule has 1 aliphatic rings. The number of ether oxygens (including phenoxy) is 4. The zero-order valence-electron chi connectivity index (χ0n) is 17.5. The summed E-state index contributed by atoms with van der Waals surface area (Å²) in [4.78, 5) is 22.9. The molecule has 162 valence electrons. The van der Waals surface area contributed by atoms with Crippen LogP contribution in [0.15, 0.2) is 24.3 Å². The Bertz CT molecular complexity index is 920. The van der Waals surface area contributed by atoms with Gasteiger partial charge in [-0.15, -0.1) is 0 Å². The number of benzene rings is 2. The van der Waals surface area contributed by atoms with Gasteiger partial charge in [0.1, 0.15) is 13.2 Å². The molecule has 0 saturated carbocycles. The molecule has 0 atom stereocenters. The summed E-state index contributed by atoms with van der Waals surface area (Å²) in [5.41, 5.74) is 1.90. The van der Waals surface area contributed by atoms with E-state index in [-0.39, 0.29) is 29.6 Å². The molecule has 0 saturated heterocycles. The minimum atomic E-state index is -0.500. The number of carbonyl (C=O) groups is 2. The molecule has 2 aromatic carbocycles. The van der Waals surface area contributed by atoms with Crippen LogP contribution in [0.2, 0.25) is 0 Å². The number of fused-ring (bicyclic) bond motifs is 1. The molecule has 0 bridgehead atoms. The monoisotopic (exact) mass is 418 g/mol. The van der Waals surface area contributed by atoms with E-state index < -0.39 is 5.97 Å². The van der Waals surface area contributed by atoms with E-state index >= 15 is 0 Å². The first kappa shape index (κ1) is 22.9. The highest BCUT2D eigenvalue weighted by Gasteiger charge is 2.20. The first-order valence-electron chi connectivity index (χ1n) is 9.56. The lowest BCUT2D eigenvalue weighted by Crippen LogP contribution is -2.17.